The highest BCUT2D eigenvalue weighted by Gasteiger charge is 2.48. The topological polar surface area (TPSA) is 69.7 Å². The Hall–Kier alpha value is -2.03. The van der Waals surface area contributed by atoms with E-state index in [9.17, 15) is 26.4 Å². The molecule has 0 saturated carbocycles. The maximum atomic E-state index is 12.4. The molecule has 5 nitrogen and oxygen atoms in total. The Morgan fingerprint density at radius 1 is 1.38 bits per heavy atom. The lowest BCUT2D eigenvalue weighted by molar-refractivity contribution is -0.144. The first-order chi connectivity index (χ1) is 11.0. The summed E-state index contributed by atoms with van der Waals surface area (Å²) in [5, 5.41) is 0. The number of rotatable bonds is 7. The van der Waals surface area contributed by atoms with Crippen LogP contribution in [0.3, 0.4) is 0 Å². The molecule has 134 valence electrons. The monoisotopic (exact) mass is 366 g/mol. The zero-order valence-corrected chi connectivity index (χ0v) is 13.9. The molecule has 1 rings (SSSR count). The lowest BCUT2D eigenvalue weighted by Gasteiger charge is -2.16. The molecule has 0 aliphatic heterocycles. The van der Waals surface area contributed by atoms with Crippen molar-refractivity contribution in [3.05, 3.63) is 42.0 Å². The first kappa shape index (κ1) is 20.0. The number of carbonyl (C=O) groups is 1. The molecular formula is C15H17F3O5S. The Morgan fingerprint density at radius 3 is 2.50 bits per heavy atom. The average molecular weight is 366 g/mol. The fraction of sp³-hybridized carbons (Fsp3) is 0.400. The Labute approximate surface area is 138 Å². The fourth-order valence-corrected chi connectivity index (χ4v) is 2.33. The summed E-state index contributed by atoms with van der Waals surface area (Å²) in [6, 6.07) is 3.78. The minimum Gasteiger partial charge on any atom is -0.466 e. The van der Waals surface area contributed by atoms with Crippen LogP contribution in [-0.4, -0.2) is 26.5 Å². The summed E-state index contributed by atoms with van der Waals surface area (Å²) in [6.07, 6.45) is 1.44. The van der Waals surface area contributed by atoms with E-state index in [1.807, 2.05) is 0 Å². The standard InChI is InChI=1S/C15H17F3O5S/c1-4-6-12-9-11(10(3)14(19)22-5-2)7-8-13(12)23-24(20,21)15(16,17)18/h4,7-10H,1,5-6H2,2-3H3. The van der Waals surface area contributed by atoms with Gasteiger partial charge in [-0.15, -0.1) is 6.58 Å². The third kappa shape index (κ3) is 4.73. The van der Waals surface area contributed by atoms with Crippen LogP contribution in [0.5, 0.6) is 5.75 Å². The van der Waals surface area contributed by atoms with Crippen LogP contribution >= 0.6 is 0 Å². The number of alkyl halides is 3. The summed E-state index contributed by atoms with van der Waals surface area (Å²) in [4.78, 5) is 11.7. The summed E-state index contributed by atoms with van der Waals surface area (Å²) in [6.45, 7) is 6.86. The van der Waals surface area contributed by atoms with Gasteiger partial charge in [-0.2, -0.15) is 21.6 Å². The number of esters is 1. The third-order valence-corrected chi connectivity index (χ3v) is 4.04. The number of ether oxygens (including phenoxy) is 1. The molecule has 1 aromatic rings. The Morgan fingerprint density at radius 2 is 2.00 bits per heavy atom. The second-order valence-corrected chi connectivity index (χ2v) is 6.35. The SMILES string of the molecule is C=CCc1cc(C(C)C(=O)OCC)ccc1OS(=O)(=O)C(F)(F)F. The molecule has 1 aromatic carbocycles. The lowest BCUT2D eigenvalue weighted by Crippen LogP contribution is -2.28. The van der Waals surface area contributed by atoms with E-state index in [2.05, 4.69) is 10.8 Å². The minimum absolute atomic E-state index is 0.0616. The van der Waals surface area contributed by atoms with E-state index in [-0.39, 0.29) is 18.6 Å². The van der Waals surface area contributed by atoms with Crippen LogP contribution in [0.2, 0.25) is 0 Å². The zero-order chi connectivity index (χ0) is 18.5. The molecule has 0 saturated heterocycles. The molecule has 0 aliphatic rings. The van der Waals surface area contributed by atoms with Crippen LogP contribution in [-0.2, 0) is 26.1 Å². The molecule has 0 N–H and O–H groups in total. The van der Waals surface area contributed by atoms with Crippen LogP contribution in [0.25, 0.3) is 0 Å². The highest BCUT2D eigenvalue weighted by Crippen LogP contribution is 2.31. The van der Waals surface area contributed by atoms with Gasteiger partial charge in [-0.05, 0) is 37.5 Å². The lowest BCUT2D eigenvalue weighted by atomic mass is 9.97. The zero-order valence-electron chi connectivity index (χ0n) is 13.1. The van der Waals surface area contributed by atoms with E-state index in [0.29, 0.717) is 5.56 Å². The maximum absolute atomic E-state index is 12.4. The number of halogens is 3. The summed E-state index contributed by atoms with van der Waals surface area (Å²) in [5.74, 6) is -1.63. The summed E-state index contributed by atoms with van der Waals surface area (Å²) in [7, 11) is -5.78. The minimum atomic E-state index is -5.78. The maximum Gasteiger partial charge on any atom is 0.534 e. The summed E-state index contributed by atoms with van der Waals surface area (Å²) >= 11 is 0. The number of allylic oxidation sites excluding steroid dienone is 1. The first-order valence-corrected chi connectivity index (χ1v) is 8.35. The van der Waals surface area contributed by atoms with Gasteiger partial charge in [0.25, 0.3) is 0 Å². The largest absolute Gasteiger partial charge is 0.534 e. The second-order valence-electron chi connectivity index (χ2n) is 4.82. The molecule has 0 fully saturated rings. The quantitative estimate of drug-likeness (QED) is 0.320. The van der Waals surface area contributed by atoms with E-state index in [4.69, 9.17) is 4.74 Å². The average Bonchev–Trinajstić information content (AvgIpc) is 2.47. The van der Waals surface area contributed by atoms with Crippen molar-refractivity contribution < 1.29 is 35.3 Å². The van der Waals surface area contributed by atoms with Crippen LogP contribution in [0.15, 0.2) is 30.9 Å². The van der Waals surface area contributed by atoms with Gasteiger partial charge in [0.15, 0.2) is 0 Å². The van der Waals surface area contributed by atoms with Crippen molar-refractivity contribution in [3.8, 4) is 5.75 Å². The van der Waals surface area contributed by atoms with E-state index in [1.54, 1.807) is 13.8 Å². The van der Waals surface area contributed by atoms with Crippen molar-refractivity contribution in [1.29, 1.82) is 0 Å². The van der Waals surface area contributed by atoms with Crippen LogP contribution in [0.4, 0.5) is 13.2 Å². The fourth-order valence-electron chi connectivity index (χ4n) is 1.83. The molecule has 0 aliphatic carbocycles. The Kier molecular flexibility index (Phi) is 6.42. The van der Waals surface area contributed by atoms with Crippen LogP contribution in [0.1, 0.15) is 30.9 Å². The highest BCUT2D eigenvalue weighted by atomic mass is 32.2. The van der Waals surface area contributed by atoms with Crippen molar-refractivity contribution in [1.82, 2.24) is 0 Å². The van der Waals surface area contributed by atoms with Crippen molar-refractivity contribution in [2.75, 3.05) is 6.61 Å². The van der Waals surface area contributed by atoms with Gasteiger partial charge < -0.3 is 8.92 Å². The Balaban J connectivity index is 3.21. The second kappa shape index (κ2) is 7.69. The van der Waals surface area contributed by atoms with Gasteiger partial charge in [0, 0.05) is 0 Å². The predicted molar refractivity (Wildman–Crippen MR) is 81.0 cm³/mol. The highest BCUT2D eigenvalue weighted by molar-refractivity contribution is 7.88. The molecule has 0 bridgehead atoms. The first-order valence-electron chi connectivity index (χ1n) is 6.94. The molecule has 0 heterocycles. The van der Waals surface area contributed by atoms with Crippen LogP contribution in [0, 0.1) is 0 Å². The van der Waals surface area contributed by atoms with Crippen molar-refractivity contribution in [3.63, 3.8) is 0 Å². The van der Waals surface area contributed by atoms with Crippen molar-refractivity contribution in [2.24, 2.45) is 0 Å². The van der Waals surface area contributed by atoms with Gasteiger partial charge in [-0.25, -0.2) is 0 Å². The third-order valence-electron chi connectivity index (χ3n) is 3.07. The van der Waals surface area contributed by atoms with Crippen molar-refractivity contribution in [2.45, 2.75) is 31.7 Å². The molecular weight excluding hydrogens is 349 g/mol. The number of carbonyl (C=O) groups excluding carboxylic acids is 1. The smallest absolute Gasteiger partial charge is 0.466 e. The molecule has 1 unspecified atom stereocenters. The Bertz CT molecular complexity index is 710. The van der Waals surface area contributed by atoms with Gasteiger partial charge in [0.1, 0.15) is 5.75 Å². The molecule has 0 aromatic heterocycles. The molecule has 9 heteroatoms. The molecule has 1 atom stereocenters. The van der Waals surface area contributed by atoms with E-state index in [0.717, 1.165) is 6.07 Å². The molecule has 0 amide bonds. The normalized spacial score (nSPS) is 13.2. The van der Waals surface area contributed by atoms with Gasteiger partial charge >= 0.3 is 21.6 Å². The van der Waals surface area contributed by atoms with Gasteiger partial charge in [0.05, 0.1) is 12.5 Å². The van der Waals surface area contributed by atoms with E-state index >= 15 is 0 Å². The van der Waals surface area contributed by atoms with Crippen LogP contribution < -0.4 is 4.18 Å². The molecule has 0 spiro atoms. The molecule has 24 heavy (non-hydrogen) atoms. The number of benzene rings is 1. The van der Waals surface area contributed by atoms with Gasteiger partial charge in [-0.3, -0.25) is 4.79 Å². The summed E-state index contributed by atoms with van der Waals surface area (Å²) < 4.78 is 68.7. The number of hydrogen-bond acceptors (Lipinski definition) is 5. The number of hydrogen-bond donors (Lipinski definition) is 0. The predicted octanol–water partition coefficient (Wildman–Crippen LogP) is 3.31. The van der Waals surface area contributed by atoms with Gasteiger partial charge in [-0.1, -0.05) is 18.2 Å². The molecule has 0 radical (unpaired) electrons. The van der Waals surface area contributed by atoms with E-state index < -0.39 is 33.3 Å². The van der Waals surface area contributed by atoms with E-state index in [1.165, 1.54) is 18.2 Å². The summed E-state index contributed by atoms with van der Waals surface area (Å²) in [5.41, 5.74) is -4.91. The van der Waals surface area contributed by atoms with Crippen molar-refractivity contribution >= 4 is 16.1 Å². The van der Waals surface area contributed by atoms with Gasteiger partial charge in [0.2, 0.25) is 0 Å².